The van der Waals surface area contributed by atoms with Crippen molar-refractivity contribution in [2.45, 2.75) is 6.42 Å². The molecular weight excluding hydrogens is 204 g/mol. The molecule has 4 heteroatoms. The van der Waals surface area contributed by atoms with Crippen molar-refractivity contribution in [1.82, 2.24) is 4.98 Å². The Hall–Kier alpha value is -1.97. The molecule has 0 fully saturated rings. The number of hydrogen-bond donors (Lipinski definition) is 1. The van der Waals surface area contributed by atoms with Crippen LogP contribution in [0.25, 0.3) is 0 Å². The van der Waals surface area contributed by atoms with Gasteiger partial charge in [-0.2, -0.15) is 4.98 Å². The van der Waals surface area contributed by atoms with Crippen LogP contribution in [0.4, 0.5) is 5.82 Å². The van der Waals surface area contributed by atoms with Gasteiger partial charge in [0.15, 0.2) is 0 Å². The molecule has 2 aromatic heterocycles. The summed E-state index contributed by atoms with van der Waals surface area (Å²) in [6.07, 6.45) is 2.52. The molecule has 1 N–H and O–H groups in total. The zero-order valence-electron chi connectivity index (χ0n) is 9.14. The number of nitrogens with one attached hydrogen (secondary N) is 1. The molecule has 0 amide bonds. The van der Waals surface area contributed by atoms with E-state index in [0.29, 0.717) is 5.88 Å². The molecule has 0 aliphatic heterocycles. The van der Waals surface area contributed by atoms with Crippen LogP contribution in [0.2, 0.25) is 0 Å². The molecule has 0 saturated carbocycles. The first-order valence-corrected chi connectivity index (χ1v) is 5.16. The van der Waals surface area contributed by atoms with E-state index in [1.807, 2.05) is 30.3 Å². The van der Waals surface area contributed by atoms with Gasteiger partial charge in [0.2, 0.25) is 5.88 Å². The van der Waals surface area contributed by atoms with Crippen LogP contribution in [-0.2, 0) is 6.42 Å². The second-order valence-electron chi connectivity index (χ2n) is 3.32. The Labute approximate surface area is 94.3 Å². The summed E-state index contributed by atoms with van der Waals surface area (Å²) in [5.74, 6) is 2.39. The predicted octanol–water partition coefficient (Wildman–Crippen LogP) is 2.34. The standard InChI is InChI=1S/C12H14N2O2/c1-15-12-6-2-5-11(14-12)13-8-7-10-4-3-9-16-10/h2-6,9H,7-8H2,1H3,(H,13,14). The summed E-state index contributed by atoms with van der Waals surface area (Å²) in [4.78, 5) is 4.25. The molecule has 0 atom stereocenters. The number of hydrogen-bond acceptors (Lipinski definition) is 4. The lowest BCUT2D eigenvalue weighted by molar-refractivity contribution is 0.398. The van der Waals surface area contributed by atoms with Crippen LogP contribution < -0.4 is 10.1 Å². The van der Waals surface area contributed by atoms with Crippen molar-refractivity contribution in [1.29, 1.82) is 0 Å². The molecule has 4 nitrogen and oxygen atoms in total. The van der Waals surface area contributed by atoms with Gasteiger partial charge in [-0.05, 0) is 18.2 Å². The van der Waals surface area contributed by atoms with Crippen LogP contribution in [0.1, 0.15) is 5.76 Å². The van der Waals surface area contributed by atoms with Gasteiger partial charge in [-0.3, -0.25) is 0 Å². The summed E-state index contributed by atoms with van der Waals surface area (Å²) in [5.41, 5.74) is 0. The smallest absolute Gasteiger partial charge is 0.214 e. The van der Waals surface area contributed by atoms with Crippen molar-refractivity contribution in [3.05, 3.63) is 42.4 Å². The van der Waals surface area contributed by atoms with E-state index in [9.17, 15) is 0 Å². The highest BCUT2D eigenvalue weighted by molar-refractivity contribution is 5.37. The van der Waals surface area contributed by atoms with Crippen molar-refractivity contribution in [2.75, 3.05) is 19.0 Å². The summed E-state index contributed by atoms with van der Waals surface area (Å²) in [5, 5.41) is 3.21. The van der Waals surface area contributed by atoms with Gasteiger partial charge in [0, 0.05) is 19.0 Å². The molecule has 0 aromatic carbocycles. The minimum absolute atomic E-state index is 0.614. The molecule has 0 aliphatic carbocycles. The Bertz CT molecular complexity index is 426. The predicted molar refractivity (Wildman–Crippen MR) is 61.7 cm³/mol. The maximum Gasteiger partial charge on any atom is 0.214 e. The van der Waals surface area contributed by atoms with Gasteiger partial charge >= 0.3 is 0 Å². The van der Waals surface area contributed by atoms with Crippen molar-refractivity contribution >= 4 is 5.82 Å². The van der Waals surface area contributed by atoms with E-state index in [1.54, 1.807) is 13.4 Å². The number of pyridine rings is 1. The van der Waals surface area contributed by atoms with Gasteiger partial charge in [0.25, 0.3) is 0 Å². The van der Waals surface area contributed by atoms with Gasteiger partial charge in [-0.25, -0.2) is 0 Å². The van der Waals surface area contributed by atoms with E-state index >= 15 is 0 Å². The fourth-order valence-electron chi connectivity index (χ4n) is 1.40. The first-order chi connectivity index (χ1) is 7.88. The average Bonchev–Trinajstić information content (AvgIpc) is 2.82. The second-order valence-corrected chi connectivity index (χ2v) is 3.32. The maximum atomic E-state index is 5.23. The second kappa shape index (κ2) is 5.21. The first-order valence-electron chi connectivity index (χ1n) is 5.16. The number of anilines is 1. The molecule has 0 spiro atoms. The van der Waals surface area contributed by atoms with E-state index < -0.39 is 0 Å². The third-order valence-corrected chi connectivity index (χ3v) is 2.19. The molecule has 0 unspecified atom stereocenters. The molecule has 2 aromatic rings. The van der Waals surface area contributed by atoms with Crippen LogP contribution in [-0.4, -0.2) is 18.6 Å². The third-order valence-electron chi connectivity index (χ3n) is 2.19. The number of rotatable bonds is 5. The van der Waals surface area contributed by atoms with E-state index in [4.69, 9.17) is 9.15 Å². The van der Waals surface area contributed by atoms with E-state index in [2.05, 4.69) is 10.3 Å². The molecule has 0 bridgehead atoms. The largest absolute Gasteiger partial charge is 0.481 e. The lowest BCUT2D eigenvalue weighted by Gasteiger charge is -2.05. The van der Waals surface area contributed by atoms with Crippen LogP contribution in [0.5, 0.6) is 5.88 Å². The van der Waals surface area contributed by atoms with Crippen LogP contribution >= 0.6 is 0 Å². The molecule has 0 saturated heterocycles. The Kier molecular flexibility index (Phi) is 3.43. The van der Waals surface area contributed by atoms with Crippen molar-refractivity contribution < 1.29 is 9.15 Å². The SMILES string of the molecule is COc1cccc(NCCc2ccco2)n1. The molecule has 2 rings (SSSR count). The molecule has 2 heterocycles. The zero-order chi connectivity index (χ0) is 11.2. The number of ether oxygens (including phenoxy) is 1. The minimum atomic E-state index is 0.614. The van der Waals surface area contributed by atoms with Gasteiger partial charge < -0.3 is 14.5 Å². The Morgan fingerprint density at radius 2 is 2.25 bits per heavy atom. The highest BCUT2D eigenvalue weighted by atomic mass is 16.5. The number of methoxy groups -OCH3 is 1. The van der Waals surface area contributed by atoms with E-state index in [-0.39, 0.29) is 0 Å². The fraction of sp³-hybridized carbons (Fsp3) is 0.250. The molecule has 0 radical (unpaired) electrons. The quantitative estimate of drug-likeness (QED) is 0.836. The Morgan fingerprint density at radius 1 is 1.31 bits per heavy atom. The average molecular weight is 218 g/mol. The van der Waals surface area contributed by atoms with Gasteiger partial charge in [-0.1, -0.05) is 6.07 Å². The summed E-state index contributed by atoms with van der Waals surface area (Å²) in [6.45, 7) is 0.785. The Balaban J connectivity index is 1.85. The number of aromatic nitrogens is 1. The maximum absolute atomic E-state index is 5.23. The highest BCUT2D eigenvalue weighted by Gasteiger charge is 1.98. The topological polar surface area (TPSA) is 47.3 Å². The third kappa shape index (κ3) is 2.76. The summed E-state index contributed by atoms with van der Waals surface area (Å²) < 4.78 is 10.3. The van der Waals surface area contributed by atoms with Gasteiger partial charge in [-0.15, -0.1) is 0 Å². The lowest BCUT2D eigenvalue weighted by Crippen LogP contribution is -2.05. The number of furan rings is 1. The van der Waals surface area contributed by atoms with Crippen LogP contribution in [0.15, 0.2) is 41.0 Å². The van der Waals surface area contributed by atoms with Gasteiger partial charge in [0.05, 0.1) is 13.4 Å². The molecule has 84 valence electrons. The Morgan fingerprint density at radius 3 is 3.00 bits per heavy atom. The number of nitrogens with zero attached hydrogens (tertiary/aromatic N) is 1. The van der Waals surface area contributed by atoms with Crippen molar-refractivity contribution in [3.8, 4) is 5.88 Å². The van der Waals surface area contributed by atoms with Crippen molar-refractivity contribution in [2.24, 2.45) is 0 Å². The monoisotopic (exact) mass is 218 g/mol. The normalized spacial score (nSPS) is 10.1. The summed E-state index contributed by atoms with van der Waals surface area (Å²) in [6, 6.07) is 9.48. The van der Waals surface area contributed by atoms with Crippen LogP contribution in [0, 0.1) is 0 Å². The molecular formula is C12H14N2O2. The van der Waals surface area contributed by atoms with E-state index in [0.717, 1.165) is 24.5 Å². The molecule has 0 aliphatic rings. The van der Waals surface area contributed by atoms with Crippen molar-refractivity contribution in [3.63, 3.8) is 0 Å². The zero-order valence-corrected chi connectivity index (χ0v) is 9.14. The summed E-state index contributed by atoms with van der Waals surface area (Å²) in [7, 11) is 1.61. The van der Waals surface area contributed by atoms with E-state index in [1.165, 1.54) is 0 Å². The van der Waals surface area contributed by atoms with Gasteiger partial charge in [0.1, 0.15) is 11.6 Å². The lowest BCUT2D eigenvalue weighted by atomic mass is 10.3. The first kappa shape index (κ1) is 10.5. The highest BCUT2D eigenvalue weighted by Crippen LogP contribution is 2.10. The fourth-order valence-corrected chi connectivity index (χ4v) is 1.40. The summed E-state index contributed by atoms with van der Waals surface area (Å²) >= 11 is 0. The van der Waals surface area contributed by atoms with Crippen LogP contribution in [0.3, 0.4) is 0 Å². The molecule has 16 heavy (non-hydrogen) atoms. The minimum Gasteiger partial charge on any atom is -0.481 e.